The lowest BCUT2D eigenvalue weighted by atomic mass is 10.0. The Morgan fingerprint density at radius 1 is 1.12 bits per heavy atom. The van der Waals surface area contributed by atoms with Crippen molar-refractivity contribution in [3.63, 3.8) is 0 Å². The third-order valence-electron chi connectivity index (χ3n) is 5.83. The molecule has 2 aromatic rings. The molecule has 0 saturated carbocycles. The number of nitrogens with zero attached hydrogens (tertiary/aromatic N) is 3. The molecule has 0 unspecified atom stereocenters. The van der Waals surface area contributed by atoms with E-state index in [1.807, 2.05) is 24.3 Å². The summed E-state index contributed by atoms with van der Waals surface area (Å²) in [6.07, 6.45) is 5.89. The van der Waals surface area contributed by atoms with Crippen molar-refractivity contribution >= 4 is 17.6 Å². The van der Waals surface area contributed by atoms with Gasteiger partial charge in [-0.2, -0.15) is 0 Å². The van der Waals surface area contributed by atoms with Crippen LogP contribution < -0.4 is 5.32 Å². The van der Waals surface area contributed by atoms with Gasteiger partial charge < -0.3 is 19.5 Å². The average molecular weight is 457 g/mol. The molecule has 1 aromatic heterocycles. The summed E-state index contributed by atoms with van der Waals surface area (Å²) in [4.78, 5) is 29.8. The molecule has 2 amide bonds. The Hall–Kier alpha value is -2.71. The van der Waals surface area contributed by atoms with Gasteiger partial charge in [0.15, 0.2) is 5.82 Å². The number of ether oxygens (including phenoxy) is 1. The minimum Gasteiger partial charge on any atom is -0.379 e. The van der Waals surface area contributed by atoms with E-state index in [-0.39, 0.29) is 18.4 Å². The maximum Gasteiger partial charge on any atom is 0.254 e. The van der Waals surface area contributed by atoms with Crippen LogP contribution in [0.4, 0.5) is 5.82 Å². The third-order valence-corrected chi connectivity index (χ3v) is 5.83. The molecule has 8 nitrogen and oxygen atoms in total. The van der Waals surface area contributed by atoms with Crippen LogP contribution in [0.2, 0.25) is 0 Å². The zero-order chi connectivity index (χ0) is 23.5. The number of nitrogens with one attached hydrogen (secondary N) is 1. The number of aromatic nitrogens is 1. The van der Waals surface area contributed by atoms with E-state index < -0.39 is 0 Å². The predicted molar refractivity (Wildman–Crippen MR) is 127 cm³/mol. The molecule has 1 saturated heterocycles. The first-order valence-corrected chi connectivity index (χ1v) is 12.0. The first-order valence-electron chi connectivity index (χ1n) is 12.0. The van der Waals surface area contributed by atoms with Crippen LogP contribution in [0, 0.1) is 6.92 Å². The molecule has 3 rings (SSSR count). The van der Waals surface area contributed by atoms with Crippen LogP contribution in [0.5, 0.6) is 0 Å². The molecule has 0 spiro atoms. The van der Waals surface area contributed by atoms with Crippen LogP contribution in [0.15, 0.2) is 34.9 Å². The highest BCUT2D eigenvalue weighted by molar-refractivity contribution is 5.99. The minimum atomic E-state index is -0.300. The number of hydrogen-bond acceptors (Lipinski definition) is 6. The zero-order valence-corrected chi connectivity index (χ0v) is 19.8. The van der Waals surface area contributed by atoms with Crippen LogP contribution in [0.3, 0.4) is 0 Å². The molecule has 1 N–H and O–H groups in total. The van der Waals surface area contributed by atoms with E-state index in [0.717, 1.165) is 25.9 Å². The maximum absolute atomic E-state index is 13.3. The summed E-state index contributed by atoms with van der Waals surface area (Å²) in [5.74, 6) is 0.518. The predicted octanol–water partition coefficient (Wildman–Crippen LogP) is 3.52. The Kier molecular flexibility index (Phi) is 9.90. The number of benzene rings is 1. The van der Waals surface area contributed by atoms with Crippen molar-refractivity contribution in [2.75, 3.05) is 51.3 Å². The van der Waals surface area contributed by atoms with Crippen LogP contribution in [0.1, 0.15) is 54.3 Å². The van der Waals surface area contributed by atoms with E-state index in [0.29, 0.717) is 43.4 Å². The Balaban J connectivity index is 1.61. The van der Waals surface area contributed by atoms with Gasteiger partial charge in [0, 0.05) is 37.8 Å². The summed E-state index contributed by atoms with van der Waals surface area (Å²) >= 11 is 0. The molecule has 1 aliphatic heterocycles. The van der Waals surface area contributed by atoms with Gasteiger partial charge in [-0.1, -0.05) is 43.5 Å². The largest absolute Gasteiger partial charge is 0.379 e. The molecule has 0 aliphatic carbocycles. The van der Waals surface area contributed by atoms with Crippen molar-refractivity contribution in [3.8, 4) is 0 Å². The minimum absolute atomic E-state index is 0.0478. The molecular formula is C25H36N4O4. The molecule has 1 aliphatic rings. The number of carbonyl (C=O) groups excluding carboxylic acids is 2. The molecule has 0 radical (unpaired) electrons. The number of carbonyl (C=O) groups is 2. The number of aryl methyl sites for hydroxylation is 2. The van der Waals surface area contributed by atoms with Gasteiger partial charge >= 0.3 is 0 Å². The summed E-state index contributed by atoms with van der Waals surface area (Å²) < 4.78 is 10.4. The van der Waals surface area contributed by atoms with Crippen LogP contribution in [-0.4, -0.2) is 72.7 Å². The second-order valence-electron chi connectivity index (χ2n) is 8.56. The summed E-state index contributed by atoms with van der Waals surface area (Å²) in [5, 5.41) is 6.51. The van der Waals surface area contributed by atoms with E-state index >= 15 is 0 Å². The Morgan fingerprint density at radius 2 is 1.88 bits per heavy atom. The van der Waals surface area contributed by atoms with Gasteiger partial charge in [0.2, 0.25) is 5.91 Å². The summed E-state index contributed by atoms with van der Waals surface area (Å²) in [6.45, 7) is 8.13. The maximum atomic E-state index is 13.3. The standard InChI is InChI=1S/C25H36N4O4/c1-3-4-5-6-7-21-8-10-22(11-9-21)25(31)29(13-12-28-14-16-32-17-15-28)19-24(30)26-23-18-20(2)33-27-23/h8-11,18H,3-7,12-17,19H2,1-2H3,(H,26,27,30). The fraction of sp³-hybridized carbons (Fsp3) is 0.560. The van der Waals surface area contributed by atoms with E-state index in [1.54, 1.807) is 17.9 Å². The van der Waals surface area contributed by atoms with Gasteiger partial charge in [-0.05, 0) is 37.5 Å². The number of anilines is 1. The van der Waals surface area contributed by atoms with E-state index in [1.165, 1.54) is 24.8 Å². The van der Waals surface area contributed by atoms with Crippen molar-refractivity contribution in [2.24, 2.45) is 0 Å². The smallest absolute Gasteiger partial charge is 0.254 e. The molecule has 1 fully saturated rings. The fourth-order valence-electron chi connectivity index (χ4n) is 3.87. The number of hydrogen-bond donors (Lipinski definition) is 1. The van der Waals surface area contributed by atoms with Crippen molar-refractivity contribution in [1.29, 1.82) is 0 Å². The van der Waals surface area contributed by atoms with E-state index in [2.05, 4.69) is 22.3 Å². The lowest BCUT2D eigenvalue weighted by Gasteiger charge is -2.30. The number of unbranched alkanes of at least 4 members (excludes halogenated alkanes) is 3. The Labute approximate surface area is 196 Å². The monoisotopic (exact) mass is 456 g/mol. The fourth-order valence-corrected chi connectivity index (χ4v) is 3.87. The van der Waals surface area contributed by atoms with Gasteiger partial charge in [0.25, 0.3) is 5.91 Å². The summed E-state index contributed by atoms with van der Waals surface area (Å²) in [7, 11) is 0. The first-order chi connectivity index (χ1) is 16.0. The van der Waals surface area contributed by atoms with Crippen molar-refractivity contribution < 1.29 is 18.8 Å². The molecule has 0 atom stereocenters. The lowest BCUT2D eigenvalue weighted by molar-refractivity contribution is -0.117. The van der Waals surface area contributed by atoms with Gasteiger partial charge in [-0.15, -0.1) is 0 Å². The molecule has 33 heavy (non-hydrogen) atoms. The molecule has 0 bridgehead atoms. The van der Waals surface area contributed by atoms with Crippen LogP contribution >= 0.6 is 0 Å². The first kappa shape index (κ1) is 24.9. The van der Waals surface area contributed by atoms with Gasteiger partial charge in [0.1, 0.15) is 12.3 Å². The van der Waals surface area contributed by atoms with Gasteiger partial charge in [0.05, 0.1) is 13.2 Å². The molecular weight excluding hydrogens is 420 g/mol. The van der Waals surface area contributed by atoms with Crippen LogP contribution in [-0.2, 0) is 16.0 Å². The molecule has 180 valence electrons. The second-order valence-corrected chi connectivity index (χ2v) is 8.56. The average Bonchev–Trinajstić information content (AvgIpc) is 3.24. The SMILES string of the molecule is CCCCCCc1ccc(C(=O)N(CCN2CCOCC2)CC(=O)Nc2cc(C)on2)cc1. The Morgan fingerprint density at radius 3 is 2.55 bits per heavy atom. The van der Waals surface area contributed by atoms with E-state index in [4.69, 9.17) is 9.26 Å². The number of morpholine rings is 1. The second kappa shape index (κ2) is 13.1. The zero-order valence-electron chi connectivity index (χ0n) is 19.8. The van der Waals surface area contributed by atoms with Gasteiger partial charge in [-0.25, -0.2) is 0 Å². The Bertz CT molecular complexity index is 875. The highest BCUT2D eigenvalue weighted by atomic mass is 16.5. The van der Waals surface area contributed by atoms with Crippen LogP contribution in [0.25, 0.3) is 0 Å². The summed E-state index contributed by atoms with van der Waals surface area (Å²) in [6, 6.07) is 9.45. The molecule has 2 heterocycles. The normalized spacial score (nSPS) is 14.2. The number of rotatable bonds is 12. The highest BCUT2D eigenvalue weighted by Gasteiger charge is 2.21. The quantitative estimate of drug-likeness (QED) is 0.492. The topological polar surface area (TPSA) is 87.9 Å². The summed E-state index contributed by atoms with van der Waals surface area (Å²) in [5.41, 5.74) is 1.83. The molecule has 8 heteroatoms. The van der Waals surface area contributed by atoms with Gasteiger partial charge in [-0.3, -0.25) is 14.5 Å². The van der Waals surface area contributed by atoms with Crippen molar-refractivity contribution in [2.45, 2.75) is 46.0 Å². The third kappa shape index (κ3) is 8.29. The molecule has 1 aromatic carbocycles. The number of amides is 2. The lowest BCUT2D eigenvalue weighted by Crippen LogP contribution is -2.45. The highest BCUT2D eigenvalue weighted by Crippen LogP contribution is 2.13. The van der Waals surface area contributed by atoms with Crippen molar-refractivity contribution in [3.05, 3.63) is 47.2 Å². The van der Waals surface area contributed by atoms with E-state index in [9.17, 15) is 9.59 Å². The van der Waals surface area contributed by atoms with Crippen molar-refractivity contribution in [1.82, 2.24) is 15.0 Å².